The molecule has 3 aromatic carbocycles. The molecule has 27 heavy (non-hydrogen) atoms. The summed E-state index contributed by atoms with van der Waals surface area (Å²) in [5.41, 5.74) is 2.66. The van der Waals surface area contributed by atoms with Crippen molar-refractivity contribution >= 4 is 29.0 Å². The van der Waals surface area contributed by atoms with E-state index in [2.05, 4.69) is 0 Å². The minimum absolute atomic E-state index is 0.00546. The number of amides is 1. The van der Waals surface area contributed by atoms with Crippen LogP contribution in [0.3, 0.4) is 0 Å². The Bertz CT molecular complexity index is 946. The van der Waals surface area contributed by atoms with Crippen molar-refractivity contribution in [3.8, 4) is 0 Å². The monoisotopic (exact) mass is 378 g/mol. The molecule has 0 atom stereocenters. The smallest absolute Gasteiger partial charge is 0.245 e. The first-order valence-corrected chi connectivity index (χ1v) is 9.55. The molecule has 0 saturated carbocycles. The number of para-hydroxylation sites is 2. The zero-order valence-electron chi connectivity index (χ0n) is 14.9. The van der Waals surface area contributed by atoms with Crippen molar-refractivity contribution in [2.24, 2.45) is 0 Å². The van der Waals surface area contributed by atoms with E-state index in [0.29, 0.717) is 6.54 Å². The quantitative estimate of drug-likeness (QED) is 0.632. The fourth-order valence-electron chi connectivity index (χ4n) is 3.28. The van der Waals surface area contributed by atoms with Gasteiger partial charge in [0.1, 0.15) is 5.82 Å². The van der Waals surface area contributed by atoms with Crippen molar-refractivity contribution < 1.29 is 9.18 Å². The Kier molecular flexibility index (Phi) is 4.97. The summed E-state index contributed by atoms with van der Waals surface area (Å²) >= 11 is 1.68. The molecule has 0 fully saturated rings. The van der Waals surface area contributed by atoms with Gasteiger partial charge in [-0.3, -0.25) is 14.6 Å². The highest BCUT2D eigenvalue weighted by Gasteiger charge is 2.28. The maximum atomic E-state index is 13.4. The lowest BCUT2D eigenvalue weighted by molar-refractivity contribution is -0.118. The number of anilines is 2. The first-order chi connectivity index (χ1) is 13.1. The van der Waals surface area contributed by atoms with Crippen molar-refractivity contribution in [2.45, 2.75) is 16.3 Å². The molecular formula is C22H19FN2OS. The molecule has 4 rings (SSSR count). The van der Waals surface area contributed by atoms with Gasteiger partial charge in [-0.05, 0) is 49.0 Å². The van der Waals surface area contributed by atoms with Crippen LogP contribution >= 0.6 is 11.8 Å². The molecule has 0 saturated heterocycles. The topological polar surface area (TPSA) is 23.6 Å². The Morgan fingerprint density at radius 1 is 0.963 bits per heavy atom. The summed E-state index contributed by atoms with van der Waals surface area (Å²) in [5, 5.41) is 0. The number of nitrogens with zero attached hydrogens (tertiary/aromatic N) is 2. The lowest BCUT2D eigenvalue weighted by atomic mass is 10.2. The van der Waals surface area contributed by atoms with Crippen LogP contribution in [0.15, 0.2) is 82.6 Å². The molecule has 3 aromatic rings. The van der Waals surface area contributed by atoms with Gasteiger partial charge in [-0.1, -0.05) is 48.2 Å². The van der Waals surface area contributed by atoms with Gasteiger partial charge in [-0.2, -0.15) is 0 Å². The SMILES string of the molecule is CN(CC(=O)N1c2ccccc2Sc2ccccc21)Cc1cccc(F)c1. The van der Waals surface area contributed by atoms with Crippen LogP contribution in [-0.4, -0.2) is 24.4 Å². The highest BCUT2D eigenvalue weighted by Crippen LogP contribution is 2.47. The fourth-order valence-corrected chi connectivity index (χ4v) is 4.34. The van der Waals surface area contributed by atoms with Crippen molar-refractivity contribution in [1.29, 1.82) is 0 Å². The van der Waals surface area contributed by atoms with Crippen molar-refractivity contribution in [1.82, 2.24) is 4.90 Å². The summed E-state index contributed by atoms with van der Waals surface area (Å²) in [6.45, 7) is 0.749. The summed E-state index contributed by atoms with van der Waals surface area (Å²) in [6.07, 6.45) is 0. The van der Waals surface area contributed by atoms with E-state index in [0.717, 1.165) is 26.7 Å². The number of rotatable bonds is 4. The molecule has 1 aliphatic heterocycles. The molecule has 0 aromatic heterocycles. The zero-order chi connectivity index (χ0) is 18.8. The van der Waals surface area contributed by atoms with Crippen molar-refractivity contribution in [2.75, 3.05) is 18.5 Å². The predicted octanol–water partition coefficient (Wildman–Crippen LogP) is 5.09. The van der Waals surface area contributed by atoms with Gasteiger partial charge in [0.25, 0.3) is 0 Å². The van der Waals surface area contributed by atoms with Gasteiger partial charge in [0.2, 0.25) is 5.91 Å². The summed E-state index contributed by atoms with van der Waals surface area (Å²) in [6, 6.07) is 22.4. The number of benzene rings is 3. The Labute approximate surface area is 162 Å². The molecule has 1 amide bonds. The first kappa shape index (κ1) is 17.8. The van der Waals surface area contributed by atoms with Gasteiger partial charge in [0, 0.05) is 16.3 Å². The number of carbonyl (C=O) groups is 1. The number of hydrogen-bond acceptors (Lipinski definition) is 3. The largest absolute Gasteiger partial charge is 0.293 e. The average Bonchev–Trinajstić information content (AvgIpc) is 2.65. The Morgan fingerprint density at radius 3 is 2.22 bits per heavy atom. The minimum Gasteiger partial charge on any atom is -0.293 e. The summed E-state index contributed by atoms with van der Waals surface area (Å²) in [5.74, 6) is -0.266. The third-order valence-electron chi connectivity index (χ3n) is 4.43. The number of fused-ring (bicyclic) bond motifs is 2. The Hall–Kier alpha value is -2.63. The molecule has 3 nitrogen and oxygen atoms in total. The fraction of sp³-hybridized carbons (Fsp3) is 0.136. The van der Waals surface area contributed by atoms with Crippen molar-refractivity contribution in [3.63, 3.8) is 0 Å². The van der Waals surface area contributed by atoms with Crippen LogP contribution in [0.2, 0.25) is 0 Å². The van der Waals surface area contributed by atoms with E-state index >= 15 is 0 Å². The van der Waals surface area contributed by atoms with Gasteiger partial charge in [-0.15, -0.1) is 0 Å². The van der Waals surface area contributed by atoms with Crippen LogP contribution in [0.5, 0.6) is 0 Å². The van der Waals surface area contributed by atoms with Gasteiger partial charge < -0.3 is 0 Å². The van der Waals surface area contributed by atoms with E-state index in [1.165, 1.54) is 12.1 Å². The first-order valence-electron chi connectivity index (χ1n) is 8.74. The molecule has 5 heteroatoms. The minimum atomic E-state index is -0.261. The normalized spacial score (nSPS) is 12.6. The summed E-state index contributed by atoms with van der Waals surface area (Å²) in [7, 11) is 1.87. The highest BCUT2D eigenvalue weighted by molar-refractivity contribution is 7.99. The lowest BCUT2D eigenvalue weighted by Crippen LogP contribution is -2.37. The van der Waals surface area contributed by atoms with E-state index < -0.39 is 0 Å². The molecule has 1 aliphatic rings. The Balaban J connectivity index is 1.58. The predicted molar refractivity (Wildman–Crippen MR) is 107 cm³/mol. The number of carbonyl (C=O) groups excluding carboxylic acids is 1. The third-order valence-corrected chi connectivity index (χ3v) is 5.56. The van der Waals surface area contributed by atoms with E-state index in [4.69, 9.17) is 0 Å². The third kappa shape index (κ3) is 3.75. The standard InChI is InChI=1S/C22H19FN2OS/c1-24(14-16-7-6-8-17(23)13-16)15-22(26)25-18-9-2-4-11-20(18)27-21-12-5-3-10-19(21)25/h2-13H,14-15H2,1H3. The van der Waals surface area contributed by atoms with E-state index in [-0.39, 0.29) is 18.3 Å². The molecule has 0 N–H and O–H groups in total. The number of halogens is 1. The summed E-state index contributed by atoms with van der Waals surface area (Å²) in [4.78, 5) is 19.0. The molecule has 0 unspecified atom stereocenters. The number of hydrogen-bond donors (Lipinski definition) is 0. The molecule has 0 radical (unpaired) electrons. The van der Waals surface area contributed by atoms with Gasteiger partial charge in [0.05, 0.1) is 17.9 Å². The van der Waals surface area contributed by atoms with Crippen LogP contribution < -0.4 is 4.90 Å². The average molecular weight is 378 g/mol. The summed E-state index contributed by atoms with van der Waals surface area (Å²) < 4.78 is 13.4. The van der Waals surface area contributed by atoms with E-state index in [1.54, 1.807) is 22.7 Å². The van der Waals surface area contributed by atoms with E-state index in [9.17, 15) is 9.18 Å². The molecule has 1 heterocycles. The van der Waals surface area contributed by atoms with Crippen LogP contribution in [-0.2, 0) is 11.3 Å². The number of likely N-dealkylation sites (N-methyl/N-ethyl adjacent to an activating group) is 1. The Morgan fingerprint density at radius 2 is 1.59 bits per heavy atom. The van der Waals surface area contributed by atoms with E-state index in [1.807, 2.05) is 66.5 Å². The zero-order valence-corrected chi connectivity index (χ0v) is 15.7. The van der Waals surface area contributed by atoms with Gasteiger partial charge in [0.15, 0.2) is 0 Å². The molecule has 0 aliphatic carbocycles. The molecular weight excluding hydrogens is 359 g/mol. The highest BCUT2D eigenvalue weighted by atomic mass is 32.2. The second-order valence-corrected chi connectivity index (χ2v) is 7.65. The second kappa shape index (κ2) is 7.55. The van der Waals surface area contributed by atoms with Crippen LogP contribution in [0.1, 0.15) is 5.56 Å². The molecule has 0 spiro atoms. The second-order valence-electron chi connectivity index (χ2n) is 6.57. The lowest BCUT2D eigenvalue weighted by Gasteiger charge is -2.32. The molecule has 136 valence electrons. The maximum absolute atomic E-state index is 13.4. The van der Waals surface area contributed by atoms with Gasteiger partial charge >= 0.3 is 0 Å². The van der Waals surface area contributed by atoms with Gasteiger partial charge in [-0.25, -0.2) is 4.39 Å². The van der Waals surface area contributed by atoms with Crippen LogP contribution in [0.25, 0.3) is 0 Å². The van der Waals surface area contributed by atoms with Crippen molar-refractivity contribution in [3.05, 3.63) is 84.2 Å². The van der Waals surface area contributed by atoms with Crippen LogP contribution in [0, 0.1) is 5.82 Å². The molecule has 0 bridgehead atoms. The van der Waals surface area contributed by atoms with Crippen LogP contribution in [0.4, 0.5) is 15.8 Å². The maximum Gasteiger partial charge on any atom is 0.245 e.